The molecule has 0 amide bonds. The molecule has 2 aromatic carbocycles. The highest BCUT2D eigenvalue weighted by Gasteiger charge is 2.10. The van der Waals surface area contributed by atoms with E-state index < -0.39 is 11.6 Å². The van der Waals surface area contributed by atoms with Crippen LogP contribution in [0.4, 0.5) is 8.78 Å². The minimum atomic E-state index is -0.972. The summed E-state index contributed by atoms with van der Waals surface area (Å²) in [6, 6.07) is 8.37. The van der Waals surface area contributed by atoms with E-state index in [9.17, 15) is 13.6 Å². The fraction of sp³-hybridized carbons (Fsp3) is 0.235. The Bertz CT molecular complexity index is 684. The Kier molecular flexibility index (Phi) is 5.09. The third-order valence-corrected chi connectivity index (χ3v) is 3.05. The summed E-state index contributed by atoms with van der Waals surface area (Å²) >= 11 is 0. The fourth-order valence-corrected chi connectivity index (χ4v) is 1.94. The van der Waals surface area contributed by atoms with E-state index in [-0.39, 0.29) is 18.1 Å². The van der Waals surface area contributed by atoms with Gasteiger partial charge in [0.2, 0.25) is 0 Å². The predicted molar refractivity (Wildman–Crippen MR) is 78.3 cm³/mol. The average molecular weight is 306 g/mol. The summed E-state index contributed by atoms with van der Waals surface area (Å²) in [5, 5.41) is 0. The summed E-state index contributed by atoms with van der Waals surface area (Å²) in [7, 11) is 0. The summed E-state index contributed by atoms with van der Waals surface area (Å²) < 4.78 is 37.0. The van der Waals surface area contributed by atoms with E-state index in [1.54, 1.807) is 18.2 Å². The third kappa shape index (κ3) is 3.81. The Morgan fingerprint density at radius 2 is 1.82 bits per heavy atom. The molecule has 3 nitrogen and oxygen atoms in total. The molecule has 2 aromatic rings. The molecule has 0 spiro atoms. The Morgan fingerprint density at radius 3 is 2.45 bits per heavy atom. The quantitative estimate of drug-likeness (QED) is 0.752. The van der Waals surface area contributed by atoms with Gasteiger partial charge in [-0.3, -0.25) is 4.79 Å². The summed E-state index contributed by atoms with van der Waals surface area (Å²) in [6.45, 7) is 3.87. The number of hydrogen-bond donors (Lipinski definition) is 0. The first-order valence-corrected chi connectivity index (χ1v) is 6.85. The zero-order valence-electron chi connectivity index (χ0n) is 12.4. The summed E-state index contributed by atoms with van der Waals surface area (Å²) in [6.07, 6.45) is 0. The molecule has 0 aromatic heterocycles. The van der Waals surface area contributed by atoms with Crippen molar-refractivity contribution in [2.75, 3.05) is 6.61 Å². The van der Waals surface area contributed by atoms with Gasteiger partial charge in [-0.25, -0.2) is 8.78 Å². The van der Waals surface area contributed by atoms with Crippen molar-refractivity contribution in [1.82, 2.24) is 0 Å². The molecule has 116 valence electrons. The second-order valence-electron chi connectivity index (χ2n) is 4.68. The van der Waals surface area contributed by atoms with Gasteiger partial charge in [-0.2, -0.15) is 0 Å². The Hall–Kier alpha value is -2.43. The lowest BCUT2D eigenvalue weighted by Gasteiger charge is -2.13. The van der Waals surface area contributed by atoms with Gasteiger partial charge in [0.1, 0.15) is 18.1 Å². The highest BCUT2D eigenvalue weighted by molar-refractivity contribution is 5.94. The van der Waals surface area contributed by atoms with Gasteiger partial charge in [-0.1, -0.05) is 0 Å². The summed E-state index contributed by atoms with van der Waals surface area (Å²) in [4.78, 5) is 11.5. The second kappa shape index (κ2) is 7.02. The molecule has 0 fully saturated rings. The topological polar surface area (TPSA) is 35.5 Å². The zero-order valence-corrected chi connectivity index (χ0v) is 12.4. The number of hydrogen-bond acceptors (Lipinski definition) is 3. The monoisotopic (exact) mass is 306 g/mol. The van der Waals surface area contributed by atoms with Gasteiger partial charge in [0.15, 0.2) is 17.4 Å². The van der Waals surface area contributed by atoms with E-state index in [1.165, 1.54) is 13.0 Å². The molecular formula is C17H16F2O3. The number of Topliss-reactive ketones (excluding diaryl/α,β-unsaturated/α-hetero) is 1. The van der Waals surface area contributed by atoms with Crippen molar-refractivity contribution in [1.29, 1.82) is 0 Å². The van der Waals surface area contributed by atoms with Crippen molar-refractivity contribution in [2.24, 2.45) is 0 Å². The van der Waals surface area contributed by atoms with E-state index >= 15 is 0 Å². The first-order valence-electron chi connectivity index (χ1n) is 6.85. The first-order chi connectivity index (χ1) is 10.5. The van der Waals surface area contributed by atoms with Crippen molar-refractivity contribution < 1.29 is 23.0 Å². The van der Waals surface area contributed by atoms with Crippen molar-refractivity contribution in [2.45, 2.75) is 20.5 Å². The molecule has 0 heterocycles. The van der Waals surface area contributed by atoms with Crippen molar-refractivity contribution in [3.05, 3.63) is 59.2 Å². The molecule has 22 heavy (non-hydrogen) atoms. The van der Waals surface area contributed by atoms with Crippen LogP contribution in [0.15, 0.2) is 36.4 Å². The summed E-state index contributed by atoms with van der Waals surface area (Å²) in [5.74, 6) is -1.18. The minimum absolute atomic E-state index is 0.0721. The number of carbonyl (C=O) groups is 1. The van der Waals surface area contributed by atoms with Crippen LogP contribution in [-0.2, 0) is 6.61 Å². The predicted octanol–water partition coefficient (Wildman–Crippen LogP) is 4.15. The van der Waals surface area contributed by atoms with E-state index in [0.717, 1.165) is 12.1 Å². The van der Waals surface area contributed by atoms with Crippen LogP contribution in [-0.4, -0.2) is 12.4 Å². The van der Waals surface area contributed by atoms with Crippen LogP contribution < -0.4 is 9.47 Å². The maximum atomic E-state index is 13.2. The molecule has 0 aliphatic carbocycles. The zero-order chi connectivity index (χ0) is 16.1. The molecule has 0 atom stereocenters. The van der Waals surface area contributed by atoms with E-state index in [2.05, 4.69) is 0 Å². The van der Waals surface area contributed by atoms with Crippen LogP contribution in [0.5, 0.6) is 11.5 Å². The van der Waals surface area contributed by atoms with Crippen molar-refractivity contribution >= 4 is 5.78 Å². The number of benzene rings is 2. The highest BCUT2D eigenvalue weighted by Crippen LogP contribution is 2.23. The van der Waals surface area contributed by atoms with E-state index in [4.69, 9.17) is 9.47 Å². The largest absolute Gasteiger partial charge is 0.493 e. The molecule has 0 saturated carbocycles. The molecule has 0 aliphatic heterocycles. The number of carbonyl (C=O) groups excluding carboxylic acids is 1. The number of ether oxygens (including phenoxy) is 2. The molecule has 0 aliphatic rings. The lowest BCUT2D eigenvalue weighted by atomic mass is 10.1. The van der Waals surface area contributed by atoms with Crippen LogP contribution in [0.1, 0.15) is 29.8 Å². The first kappa shape index (κ1) is 15.9. The normalized spacial score (nSPS) is 10.4. The fourth-order valence-electron chi connectivity index (χ4n) is 1.94. The number of halogens is 2. The van der Waals surface area contributed by atoms with Gasteiger partial charge >= 0.3 is 0 Å². The molecule has 0 unspecified atom stereocenters. The number of rotatable bonds is 6. The van der Waals surface area contributed by atoms with Gasteiger partial charge in [-0.05, 0) is 44.2 Å². The van der Waals surface area contributed by atoms with Crippen LogP contribution in [0.25, 0.3) is 0 Å². The Labute approximate surface area is 127 Å². The lowest BCUT2D eigenvalue weighted by molar-refractivity contribution is 0.101. The highest BCUT2D eigenvalue weighted by atomic mass is 19.2. The van der Waals surface area contributed by atoms with Crippen LogP contribution in [0, 0.1) is 11.6 Å². The number of ketones is 1. The Balaban J connectivity index is 2.20. The van der Waals surface area contributed by atoms with Crippen molar-refractivity contribution in [3.63, 3.8) is 0 Å². The minimum Gasteiger partial charge on any atom is -0.493 e. The molecule has 2 rings (SSSR count). The van der Waals surface area contributed by atoms with Gasteiger partial charge in [0.25, 0.3) is 0 Å². The van der Waals surface area contributed by atoms with Crippen LogP contribution >= 0.6 is 0 Å². The van der Waals surface area contributed by atoms with Gasteiger partial charge in [0.05, 0.1) is 6.61 Å². The molecular weight excluding hydrogens is 290 g/mol. The molecule has 0 N–H and O–H groups in total. The molecule has 0 bridgehead atoms. The van der Waals surface area contributed by atoms with Gasteiger partial charge in [0, 0.05) is 17.2 Å². The van der Waals surface area contributed by atoms with Crippen LogP contribution in [0.3, 0.4) is 0 Å². The third-order valence-electron chi connectivity index (χ3n) is 3.05. The maximum absolute atomic E-state index is 13.2. The SMILES string of the molecule is CCOc1ccc(C(C)=O)cc1COc1ccc(F)c(F)c1. The van der Waals surface area contributed by atoms with E-state index in [1.807, 2.05) is 6.92 Å². The van der Waals surface area contributed by atoms with Gasteiger partial charge in [-0.15, -0.1) is 0 Å². The molecule has 5 heteroatoms. The average Bonchev–Trinajstić information content (AvgIpc) is 2.49. The standard InChI is InChI=1S/C17H16F2O3/c1-3-21-17-7-4-12(11(2)20)8-13(17)10-22-14-5-6-15(18)16(19)9-14/h4-9H,3,10H2,1-2H3. The molecule has 0 radical (unpaired) electrons. The lowest BCUT2D eigenvalue weighted by Crippen LogP contribution is -2.04. The summed E-state index contributed by atoms with van der Waals surface area (Å²) in [5.41, 5.74) is 1.20. The van der Waals surface area contributed by atoms with Crippen LogP contribution in [0.2, 0.25) is 0 Å². The van der Waals surface area contributed by atoms with Crippen molar-refractivity contribution in [3.8, 4) is 11.5 Å². The Morgan fingerprint density at radius 1 is 1.05 bits per heavy atom. The van der Waals surface area contributed by atoms with E-state index in [0.29, 0.717) is 23.5 Å². The maximum Gasteiger partial charge on any atom is 0.162 e. The second-order valence-corrected chi connectivity index (χ2v) is 4.68. The van der Waals surface area contributed by atoms with Gasteiger partial charge < -0.3 is 9.47 Å². The smallest absolute Gasteiger partial charge is 0.162 e. The molecule has 0 saturated heterocycles.